The fraction of sp³-hybridized carbons (Fsp3) is 0.929. The van der Waals surface area contributed by atoms with Gasteiger partial charge in [0.25, 0.3) is 0 Å². The van der Waals surface area contributed by atoms with E-state index in [2.05, 4.69) is 48.1 Å². The molecule has 1 saturated heterocycles. The predicted molar refractivity (Wildman–Crippen MR) is 77.1 cm³/mol. The third-order valence-corrected chi connectivity index (χ3v) is 4.17. The molecule has 1 aromatic rings. The van der Waals surface area contributed by atoms with Gasteiger partial charge in [0.05, 0.1) is 12.1 Å². The summed E-state index contributed by atoms with van der Waals surface area (Å²) in [7, 11) is 0. The Morgan fingerprint density at radius 2 is 2.10 bits per heavy atom. The first-order valence-electron chi connectivity index (χ1n) is 7.56. The lowest BCUT2D eigenvalue weighted by Gasteiger charge is -2.39. The van der Waals surface area contributed by atoms with Crippen LogP contribution in [-0.2, 0) is 12.1 Å². The summed E-state index contributed by atoms with van der Waals surface area (Å²) < 4.78 is 1.91. The van der Waals surface area contributed by atoms with Crippen LogP contribution in [0.5, 0.6) is 0 Å². The molecular weight excluding hydrogens is 254 g/mol. The molecule has 6 nitrogen and oxygen atoms in total. The molecule has 2 rings (SSSR count). The molecular formula is C14H27N5O. The predicted octanol–water partition coefficient (Wildman–Crippen LogP) is 1.41. The average Bonchev–Trinajstić information content (AvgIpc) is 2.81. The van der Waals surface area contributed by atoms with Gasteiger partial charge in [0.15, 0.2) is 5.82 Å². The molecule has 114 valence electrons. The summed E-state index contributed by atoms with van der Waals surface area (Å²) in [6.07, 6.45) is 3.28. The Morgan fingerprint density at radius 3 is 2.75 bits per heavy atom. The second-order valence-corrected chi connectivity index (χ2v) is 6.85. The summed E-state index contributed by atoms with van der Waals surface area (Å²) in [5.74, 6) is 1.53. The van der Waals surface area contributed by atoms with E-state index in [1.54, 1.807) is 0 Å². The van der Waals surface area contributed by atoms with Gasteiger partial charge in [-0.2, -0.15) is 0 Å². The molecule has 0 spiro atoms. The van der Waals surface area contributed by atoms with Gasteiger partial charge < -0.3 is 5.11 Å². The summed E-state index contributed by atoms with van der Waals surface area (Å²) in [4.78, 5) is 2.43. The Balaban J connectivity index is 2.13. The van der Waals surface area contributed by atoms with Crippen molar-refractivity contribution in [3.63, 3.8) is 0 Å². The SMILES string of the molecule is C[C@@H]1CCCN(Cc2nnnn2C(C)(C)C)[C@@H]1CCO. The summed E-state index contributed by atoms with van der Waals surface area (Å²) in [6.45, 7) is 10.7. The minimum atomic E-state index is -0.104. The minimum Gasteiger partial charge on any atom is -0.396 e. The van der Waals surface area contributed by atoms with Crippen LogP contribution in [0.4, 0.5) is 0 Å². The third-order valence-electron chi connectivity index (χ3n) is 4.17. The highest BCUT2D eigenvalue weighted by atomic mass is 16.3. The molecule has 1 fully saturated rings. The number of hydrogen-bond acceptors (Lipinski definition) is 5. The second kappa shape index (κ2) is 6.18. The van der Waals surface area contributed by atoms with Crippen molar-refractivity contribution in [2.45, 2.75) is 65.1 Å². The number of piperidine rings is 1. The van der Waals surface area contributed by atoms with Crippen LogP contribution in [0.1, 0.15) is 52.8 Å². The Kier molecular flexibility index (Phi) is 4.75. The lowest BCUT2D eigenvalue weighted by molar-refractivity contribution is 0.0672. The summed E-state index contributed by atoms with van der Waals surface area (Å²) in [5.41, 5.74) is -0.104. The van der Waals surface area contributed by atoms with E-state index >= 15 is 0 Å². The van der Waals surface area contributed by atoms with Crippen LogP contribution in [-0.4, -0.2) is 49.4 Å². The first-order chi connectivity index (χ1) is 9.43. The van der Waals surface area contributed by atoms with Crippen LogP contribution < -0.4 is 0 Å². The van der Waals surface area contributed by atoms with Gasteiger partial charge in [0, 0.05) is 12.6 Å². The van der Waals surface area contributed by atoms with Crippen molar-refractivity contribution in [1.82, 2.24) is 25.1 Å². The number of hydrogen-bond donors (Lipinski definition) is 1. The highest BCUT2D eigenvalue weighted by Gasteiger charge is 2.30. The van der Waals surface area contributed by atoms with Crippen molar-refractivity contribution in [2.75, 3.05) is 13.2 Å². The maximum atomic E-state index is 9.29. The molecule has 1 aliphatic rings. The average molecular weight is 281 g/mol. The van der Waals surface area contributed by atoms with Crippen molar-refractivity contribution in [2.24, 2.45) is 5.92 Å². The Morgan fingerprint density at radius 1 is 1.35 bits per heavy atom. The Hall–Kier alpha value is -1.01. The molecule has 0 unspecified atom stereocenters. The van der Waals surface area contributed by atoms with Crippen molar-refractivity contribution in [3.05, 3.63) is 5.82 Å². The van der Waals surface area contributed by atoms with E-state index in [-0.39, 0.29) is 12.1 Å². The van der Waals surface area contributed by atoms with E-state index in [4.69, 9.17) is 0 Å². The van der Waals surface area contributed by atoms with E-state index in [1.165, 1.54) is 12.8 Å². The summed E-state index contributed by atoms with van der Waals surface area (Å²) >= 11 is 0. The molecule has 0 bridgehead atoms. The molecule has 2 heterocycles. The van der Waals surface area contributed by atoms with E-state index < -0.39 is 0 Å². The number of rotatable bonds is 4. The van der Waals surface area contributed by atoms with Crippen LogP contribution in [0.15, 0.2) is 0 Å². The first-order valence-corrected chi connectivity index (χ1v) is 7.56. The van der Waals surface area contributed by atoms with Crippen molar-refractivity contribution >= 4 is 0 Å². The van der Waals surface area contributed by atoms with Crippen LogP contribution in [0, 0.1) is 5.92 Å². The molecule has 2 atom stereocenters. The van der Waals surface area contributed by atoms with Crippen LogP contribution >= 0.6 is 0 Å². The fourth-order valence-corrected chi connectivity index (χ4v) is 3.14. The Bertz CT molecular complexity index is 425. The standard InChI is InChI=1S/C14H27N5O/c1-11-6-5-8-18(12(11)7-9-20)10-13-15-16-17-19(13)14(2,3)4/h11-12,20H,5-10H2,1-4H3/t11-,12-/m1/s1. The van der Waals surface area contributed by atoms with Gasteiger partial charge in [-0.05, 0) is 62.9 Å². The zero-order valence-corrected chi connectivity index (χ0v) is 13.1. The van der Waals surface area contributed by atoms with Crippen LogP contribution in [0.25, 0.3) is 0 Å². The topological polar surface area (TPSA) is 67.1 Å². The normalized spacial score (nSPS) is 25.1. The molecule has 0 radical (unpaired) electrons. The Labute approximate surface area is 121 Å². The number of aromatic nitrogens is 4. The maximum Gasteiger partial charge on any atom is 0.165 e. The molecule has 6 heteroatoms. The highest BCUT2D eigenvalue weighted by Crippen LogP contribution is 2.27. The molecule has 1 aliphatic heterocycles. The molecule has 1 N–H and O–H groups in total. The lowest BCUT2D eigenvalue weighted by atomic mass is 9.89. The molecule has 1 aromatic heterocycles. The fourth-order valence-electron chi connectivity index (χ4n) is 3.14. The number of aliphatic hydroxyl groups excluding tert-OH is 1. The maximum absolute atomic E-state index is 9.29. The molecule has 0 aromatic carbocycles. The van der Waals surface area contributed by atoms with Gasteiger partial charge in [-0.15, -0.1) is 5.10 Å². The van der Waals surface area contributed by atoms with E-state index in [0.29, 0.717) is 12.0 Å². The molecule has 20 heavy (non-hydrogen) atoms. The van der Waals surface area contributed by atoms with Crippen molar-refractivity contribution < 1.29 is 5.11 Å². The first kappa shape index (κ1) is 15.4. The minimum absolute atomic E-state index is 0.104. The number of aliphatic hydroxyl groups is 1. The third kappa shape index (κ3) is 3.35. The van der Waals surface area contributed by atoms with Crippen LogP contribution in [0.2, 0.25) is 0 Å². The van der Waals surface area contributed by atoms with E-state index in [9.17, 15) is 5.11 Å². The summed E-state index contributed by atoms with van der Waals surface area (Å²) in [6, 6.07) is 0.430. The smallest absolute Gasteiger partial charge is 0.165 e. The molecule has 0 saturated carbocycles. The second-order valence-electron chi connectivity index (χ2n) is 6.85. The number of tetrazole rings is 1. The van der Waals surface area contributed by atoms with Gasteiger partial charge >= 0.3 is 0 Å². The van der Waals surface area contributed by atoms with E-state index in [0.717, 1.165) is 25.3 Å². The number of likely N-dealkylation sites (tertiary alicyclic amines) is 1. The highest BCUT2D eigenvalue weighted by molar-refractivity contribution is 4.91. The van der Waals surface area contributed by atoms with Gasteiger partial charge in [0.1, 0.15) is 0 Å². The van der Waals surface area contributed by atoms with Crippen molar-refractivity contribution in [3.8, 4) is 0 Å². The monoisotopic (exact) mass is 281 g/mol. The quantitative estimate of drug-likeness (QED) is 0.904. The van der Waals surface area contributed by atoms with Crippen LogP contribution in [0.3, 0.4) is 0 Å². The van der Waals surface area contributed by atoms with Crippen molar-refractivity contribution in [1.29, 1.82) is 0 Å². The molecule has 0 aliphatic carbocycles. The van der Waals surface area contributed by atoms with Gasteiger partial charge in [-0.1, -0.05) is 6.92 Å². The number of nitrogens with zero attached hydrogens (tertiary/aromatic N) is 5. The van der Waals surface area contributed by atoms with Gasteiger partial charge in [-0.3, -0.25) is 4.90 Å². The van der Waals surface area contributed by atoms with Gasteiger partial charge in [0.2, 0.25) is 0 Å². The zero-order chi connectivity index (χ0) is 14.8. The largest absolute Gasteiger partial charge is 0.396 e. The lowest BCUT2D eigenvalue weighted by Crippen LogP contribution is -2.45. The zero-order valence-electron chi connectivity index (χ0n) is 13.1. The van der Waals surface area contributed by atoms with E-state index in [1.807, 2.05) is 4.68 Å². The molecule has 0 amide bonds. The summed E-state index contributed by atoms with van der Waals surface area (Å²) in [5, 5.41) is 21.4. The van der Waals surface area contributed by atoms with Gasteiger partial charge in [-0.25, -0.2) is 4.68 Å².